The molecule has 0 aliphatic heterocycles. The van der Waals surface area contributed by atoms with Crippen LogP contribution < -0.4 is 11.5 Å². The van der Waals surface area contributed by atoms with E-state index in [-0.39, 0.29) is 22.7 Å². The first-order chi connectivity index (χ1) is 70.5. The maximum absolute atomic E-state index is 5.22. The van der Waals surface area contributed by atoms with Crippen molar-refractivity contribution < 1.29 is 0 Å². The molecule has 144 heavy (non-hydrogen) atoms. The molecule has 690 valence electrons. The van der Waals surface area contributed by atoms with E-state index < -0.39 is 0 Å². The fraction of sp³-hybridized carbons (Fsp3) is 0.0714. The molecule has 0 saturated heterocycles. The lowest BCUT2D eigenvalue weighted by Crippen LogP contribution is -2.25. The van der Waals surface area contributed by atoms with Crippen LogP contribution in [0.2, 0.25) is 0 Å². The molecule has 0 unspecified atom stereocenters. The average Bonchev–Trinajstić information content (AvgIpc) is 1.50. The molecule has 6 heterocycles. The predicted octanol–water partition coefficient (Wildman–Crippen LogP) is 28.1. The van der Waals surface area contributed by atoms with Gasteiger partial charge in [0.25, 0.3) is 0 Å². The molecular weight excluding hydrogens is 1770 g/mol. The number of fused-ring (bicyclic) bond motifs is 16. The maximum Gasteiger partial charge on any atom is 0.238 e. The molecule has 0 atom stereocenters. The zero-order valence-corrected chi connectivity index (χ0v) is 80.3. The SMILES string of the molecule is Cc1nc(-c2cc(-c3ccccc3)cc(-c3ccccc3)c2)nc(-c2cc(-c3ccccc3)cc(-c3ccccc3)c2)n1.Cc1nc(-c2ccccc2)nc(-c2ccc3c(c2)C2(c4ccccc4-c4ccccc42)c2ccccc2-3)n1.Cc1nc(-c2ccccc2)nc(-c2ccccc2)n1.Cc1nc(-c2ccccc2)nc(-n2c3ccccc3c3cc4c(cc32)C(C)(C)c2ccccc2-4)n1.Cc1nc(N)nc(N)n1. The minimum atomic E-state index is -0.376. The molecule has 4 N–H and O–H groups in total. The van der Waals surface area contributed by atoms with Gasteiger partial charge in [-0.15, -0.1) is 0 Å². The van der Waals surface area contributed by atoms with Crippen molar-refractivity contribution in [1.82, 2.24) is 79.3 Å². The van der Waals surface area contributed by atoms with Gasteiger partial charge in [-0.3, -0.25) is 4.57 Å². The van der Waals surface area contributed by atoms with Gasteiger partial charge in [0.2, 0.25) is 17.8 Å². The lowest BCUT2D eigenvalue weighted by molar-refractivity contribution is 0.661. The summed E-state index contributed by atoms with van der Waals surface area (Å²) in [5, 5.41) is 2.41. The molecule has 6 aromatic heterocycles. The Labute approximate surface area is 835 Å². The van der Waals surface area contributed by atoms with E-state index in [1.165, 1.54) is 77.5 Å². The van der Waals surface area contributed by atoms with E-state index in [2.05, 4.69) is 343 Å². The van der Waals surface area contributed by atoms with Crippen molar-refractivity contribution in [3.05, 3.63) is 493 Å². The highest BCUT2D eigenvalue weighted by Crippen LogP contribution is 2.63. The Morgan fingerprint density at radius 2 is 0.465 bits per heavy atom. The second-order valence-electron chi connectivity index (χ2n) is 36.3. The molecular formula is C126H96N18. The lowest BCUT2D eigenvalue weighted by Gasteiger charge is -2.30. The molecule has 0 radical (unpaired) electrons. The van der Waals surface area contributed by atoms with Gasteiger partial charge >= 0.3 is 0 Å². The largest absolute Gasteiger partial charge is 0.368 e. The zero-order chi connectivity index (χ0) is 97.9. The minimum Gasteiger partial charge on any atom is -0.368 e. The summed E-state index contributed by atoms with van der Waals surface area (Å²) in [5.74, 6) is 9.17. The van der Waals surface area contributed by atoms with Crippen LogP contribution in [0.15, 0.2) is 431 Å². The fourth-order valence-electron chi connectivity index (χ4n) is 20.1. The monoisotopic (exact) mass is 1860 g/mol. The summed E-state index contributed by atoms with van der Waals surface area (Å²) in [6, 6.07) is 150. The van der Waals surface area contributed by atoms with E-state index in [1.807, 2.05) is 173 Å². The first-order valence-corrected chi connectivity index (χ1v) is 48.0. The molecule has 1 spiro atoms. The molecule has 17 aromatic carbocycles. The van der Waals surface area contributed by atoms with Crippen LogP contribution in [0.1, 0.15) is 76.4 Å². The summed E-state index contributed by atoms with van der Waals surface area (Å²) in [6.45, 7) is 14.0. The Hall–Kier alpha value is -18.8. The Morgan fingerprint density at radius 1 is 0.181 bits per heavy atom. The van der Waals surface area contributed by atoms with E-state index in [0.717, 1.165) is 100 Å². The van der Waals surface area contributed by atoms with Gasteiger partial charge in [-0.2, -0.15) is 24.9 Å². The molecule has 0 fully saturated rings. The van der Waals surface area contributed by atoms with Crippen LogP contribution in [0.5, 0.6) is 0 Å². The number of nitrogens with two attached hydrogens (primary N) is 2. The lowest BCUT2D eigenvalue weighted by atomic mass is 9.70. The van der Waals surface area contributed by atoms with E-state index in [9.17, 15) is 0 Å². The Morgan fingerprint density at radius 3 is 0.840 bits per heavy atom. The number of para-hydroxylation sites is 1. The third-order valence-electron chi connectivity index (χ3n) is 26.5. The van der Waals surface area contributed by atoms with Crippen LogP contribution in [-0.4, -0.2) is 79.3 Å². The quantitative estimate of drug-likeness (QED) is 0.115. The van der Waals surface area contributed by atoms with Gasteiger partial charge in [-0.1, -0.05) is 384 Å². The Kier molecular flexibility index (Phi) is 24.4. The highest BCUT2D eigenvalue weighted by atomic mass is 15.2. The topological polar surface area (TPSA) is 250 Å². The number of aryl methyl sites for hydroxylation is 5. The van der Waals surface area contributed by atoms with Crippen molar-refractivity contribution in [2.24, 2.45) is 0 Å². The summed E-state index contributed by atoms with van der Waals surface area (Å²) in [7, 11) is 0. The smallest absolute Gasteiger partial charge is 0.238 e. The Balaban J connectivity index is 0.000000109. The van der Waals surface area contributed by atoms with Crippen LogP contribution in [0.25, 0.3) is 185 Å². The average molecular weight is 1860 g/mol. The minimum absolute atomic E-state index is 0.0778. The van der Waals surface area contributed by atoms with Crippen LogP contribution in [0, 0.1) is 34.6 Å². The van der Waals surface area contributed by atoms with Crippen molar-refractivity contribution >= 4 is 33.7 Å². The second-order valence-corrected chi connectivity index (χ2v) is 36.3. The number of hydrogen-bond acceptors (Lipinski definition) is 17. The number of nitrogen functional groups attached to an aromatic ring is 2. The predicted molar refractivity (Wildman–Crippen MR) is 580 cm³/mol. The number of aromatic nitrogens is 16. The van der Waals surface area contributed by atoms with Gasteiger partial charge in [-0.05, 0) is 207 Å². The van der Waals surface area contributed by atoms with Gasteiger partial charge in [0.1, 0.15) is 29.1 Å². The van der Waals surface area contributed by atoms with Gasteiger partial charge < -0.3 is 11.5 Å². The third kappa shape index (κ3) is 17.8. The molecule has 23 aromatic rings. The van der Waals surface area contributed by atoms with Gasteiger partial charge in [-0.25, -0.2) is 49.8 Å². The number of anilines is 2. The number of nitrogens with zero attached hydrogens (tertiary/aromatic N) is 16. The summed E-state index contributed by atoms with van der Waals surface area (Å²) >= 11 is 0. The fourth-order valence-corrected chi connectivity index (χ4v) is 20.1. The van der Waals surface area contributed by atoms with E-state index in [4.69, 9.17) is 46.4 Å². The molecule has 26 rings (SSSR count). The van der Waals surface area contributed by atoms with Crippen molar-refractivity contribution in [2.45, 2.75) is 59.3 Å². The van der Waals surface area contributed by atoms with Crippen molar-refractivity contribution in [3.63, 3.8) is 0 Å². The number of rotatable bonds is 12. The number of benzene rings is 17. The first-order valence-electron chi connectivity index (χ1n) is 48.0. The molecule has 18 nitrogen and oxygen atoms in total. The first kappa shape index (κ1) is 90.3. The van der Waals surface area contributed by atoms with Crippen LogP contribution >= 0.6 is 0 Å². The second kappa shape index (κ2) is 38.9. The van der Waals surface area contributed by atoms with Gasteiger partial charge in [0.15, 0.2) is 40.8 Å². The van der Waals surface area contributed by atoms with Gasteiger partial charge in [0, 0.05) is 55.1 Å². The highest BCUT2D eigenvalue weighted by Gasteiger charge is 2.52. The summed E-state index contributed by atoms with van der Waals surface area (Å²) in [6.07, 6.45) is 0. The molecule has 0 bridgehead atoms. The standard InChI is InChI=1S/C40H29N3.C35H23N3.C31H24N4.C16H13N3.C4H7N5/c1-28-41-39(37-24-33(29-14-6-2-7-15-29)22-34(25-37)30-16-8-3-9-17-30)43-40(42-28)38-26-35(31-18-10-4-11-19-31)23-36(27-38)32-20-12-5-13-21-32;1-22-36-33(23-11-3-2-4-12-23)38-34(37-22)24-19-20-28-27-15-7-10-18-31(27)35(32(28)21-24)29-16-8-5-13-25(29)26-14-6-9-17-30(26)35;1-19-32-29(20-11-5-4-6-12-20)34-30(33-19)35-27-16-10-8-14-22(27)24-17-23-21-13-7-9-15-25(21)31(2,3)26(23)18-28(24)35;1-12-17-15(13-8-4-2-5-9-13)19-16(18-12)14-10-6-3-7-11-14;1-2-7-3(5)9-4(6)8-2/h2-27H,1H3;2-21H,1H3;4-18H,1-3H3;2-11H,1H3;1H3,(H4,5,6,7,8,9). The van der Waals surface area contributed by atoms with Crippen molar-refractivity contribution in [3.8, 4) is 164 Å². The molecule has 3 aliphatic rings. The summed E-state index contributed by atoms with van der Waals surface area (Å²) in [5.41, 5.74) is 44.0. The highest BCUT2D eigenvalue weighted by molar-refractivity contribution is 6.11. The van der Waals surface area contributed by atoms with Crippen LogP contribution in [0.4, 0.5) is 11.9 Å². The molecule has 18 heteroatoms. The Bertz CT molecular complexity index is 8300. The molecule has 3 aliphatic carbocycles. The van der Waals surface area contributed by atoms with Crippen molar-refractivity contribution in [2.75, 3.05) is 11.5 Å². The summed E-state index contributed by atoms with van der Waals surface area (Å²) in [4.78, 5) is 67.9. The van der Waals surface area contributed by atoms with Crippen LogP contribution in [0.3, 0.4) is 0 Å². The zero-order valence-electron chi connectivity index (χ0n) is 80.3. The van der Waals surface area contributed by atoms with Crippen molar-refractivity contribution in [1.29, 1.82) is 0 Å². The van der Waals surface area contributed by atoms with Crippen LogP contribution in [-0.2, 0) is 10.8 Å². The molecule has 0 saturated carbocycles. The maximum atomic E-state index is 5.22. The van der Waals surface area contributed by atoms with E-state index >= 15 is 0 Å². The third-order valence-corrected chi connectivity index (χ3v) is 26.5. The number of hydrogen-bond donors (Lipinski definition) is 2. The van der Waals surface area contributed by atoms with E-state index in [1.54, 1.807) is 6.92 Å². The normalized spacial score (nSPS) is 12.2. The molecule has 0 amide bonds. The van der Waals surface area contributed by atoms with E-state index in [0.29, 0.717) is 70.0 Å². The van der Waals surface area contributed by atoms with Gasteiger partial charge in [0.05, 0.1) is 16.4 Å². The summed E-state index contributed by atoms with van der Waals surface area (Å²) < 4.78 is 2.20.